The van der Waals surface area contributed by atoms with Gasteiger partial charge in [0.15, 0.2) is 0 Å². The van der Waals surface area contributed by atoms with E-state index in [-0.39, 0.29) is 0 Å². The Kier molecular flexibility index (Phi) is 5.77. The van der Waals surface area contributed by atoms with Gasteiger partial charge in [-0.25, -0.2) is 0 Å². The molecule has 1 aliphatic carbocycles. The summed E-state index contributed by atoms with van der Waals surface area (Å²) in [6.07, 6.45) is 4.87. The van der Waals surface area contributed by atoms with Crippen molar-refractivity contribution in [2.45, 2.75) is 65.5 Å². The molecule has 1 saturated carbocycles. The molecule has 3 atom stereocenters. The Balaban J connectivity index is 2.43. The second-order valence-corrected chi connectivity index (χ2v) is 6.14. The molecule has 3 unspecified atom stereocenters. The fraction of sp³-hybridized carbons (Fsp3) is 1.00. The summed E-state index contributed by atoms with van der Waals surface area (Å²) in [6.45, 7) is 9.50. The number of rotatable bonds is 5. The van der Waals surface area contributed by atoms with Gasteiger partial charge in [-0.1, -0.05) is 27.7 Å². The van der Waals surface area contributed by atoms with Crippen LogP contribution in [0.1, 0.15) is 53.4 Å². The Bertz CT molecular complexity index is 183. The minimum absolute atomic E-state index is 0.299. The summed E-state index contributed by atoms with van der Waals surface area (Å²) in [4.78, 5) is 0. The lowest BCUT2D eigenvalue weighted by Crippen LogP contribution is -2.45. The van der Waals surface area contributed by atoms with Crippen molar-refractivity contribution in [2.24, 2.45) is 17.8 Å². The van der Waals surface area contributed by atoms with Gasteiger partial charge in [0.2, 0.25) is 0 Å². The zero-order valence-electron chi connectivity index (χ0n) is 11.4. The molecule has 0 spiro atoms. The van der Waals surface area contributed by atoms with E-state index in [0.717, 1.165) is 18.3 Å². The minimum Gasteiger partial charge on any atom is -0.396 e. The molecule has 0 aromatic heterocycles. The lowest BCUT2D eigenvalue weighted by atomic mass is 9.80. The molecule has 0 bridgehead atoms. The number of hydrogen-bond donors (Lipinski definition) is 2. The minimum atomic E-state index is 0.299. The van der Waals surface area contributed by atoms with E-state index in [1.165, 1.54) is 19.3 Å². The Morgan fingerprint density at radius 1 is 1.12 bits per heavy atom. The second kappa shape index (κ2) is 6.61. The molecule has 1 fully saturated rings. The largest absolute Gasteiger partial charge is 0.396 e. The highest BCUT2D eigenvalue weighted by molar-refractivity contribution is 4.83. The first kappa shape index (κ1) is 14.0. The van der Waals surface area contributed by atoms with E-state index in [4.69, 9.17) is 5.11 Å². The molecule has 0 aromatic rings. The molecule has 0 aromatic carbocycles. The molecule has 0 radical (unpaired) electrons. The van der Waals surface area contributed by atoms with Crippen LogP contribution < -0.4 is 5.32 Å². The Labute approximate surface area is 101 Å². The molecule has 2 heteroatoms. The molecule has 96 valence electrons. The molecular formula is C14H29NO. The van der Waals surface area contributed by atoms with Crippen LogP contribution in [-0.4, -0.2) is 23.8 Å². The average Bonchev–Trinajstić information content (AvgIpc) is 2.15. The van der Waals surface area contributed by atoms with E-state index in [0.29, 0.717) is 24.6 Å². The first-order chi connectivity index (χ1) is 7.52. The van der Waals surface area contributed by atoms with Crippen LogP contribution in [-0.2, 0) is 0 Å². The van der Waals surface area contributed by atoms with Gasteiger partial charge in [0, 0.05) is 18.7 Å². The summed E-state index contributed by atoms with van der Waals surface area (Å²) in [5, 5.41) is 12.8. The summed E-state index contributed by atoms with van der Waals surface area (Å²) >= 11 is 0. The van der Waals surface area contributed by atoms with Gasteiger partial charge in [-0.2, -0.15) is 0 Å². The summed E-state index contributed by atoms with van der Waals surface area (Å²) in [5.74, 6) is 2.31. The Hall–Kier alpha value is -0.0800. The molecule has 0 aliphatic heterocycles. The first-order valence-corrected chi connectivity index (χ1v) is 6.89. The van der Waals surface area contributed by atoms with Gasteiger partial charge in [0.05, 0.1) is 0 Å². The van der Waals surface area contributed by atoms with Gasteiger partial charge >= 0.3 is 0 Å². The lowest BCUT2D eigenvalue weighted by molar-refractivity contribution is 0.189. The van der Waals surface area contributed by atoms with Crippen LogP contribution in [0.25, 0.3) is 0 Å². The fourth-order valence-corrected chi connectivity index (χ4v) is 3.13. The van der Waals surface area contributed by atoms with Crippen LogP contribution in [0.2, 0.25) is 0 Å². The molecule has 2 N–H and O–H groups in total. The molecule has 1 rings (SSSR count). The van der Waals surface area contributed by atoms with Crippen molar-refractivity contribution in [3.05, 3.63) is 0 Å². The third-order valence-electron chi connectivity index (χ3n) is 3.87. The highest BCUT2D eigenvalue weighted by Crippen LogP contribution is 2.29. The molecule has 0 saturated heterocycles. The van der Waals surface area contributed by atoms with Crippen LogP contribution in [0.5, 0.6) is 0 Å². The van der Waals surface area contributed by atoms with Crippen LogP contribution in [0.15, 0.2) is 0 Å². The number of aliphatic hydroxyl groups is 1. The Morgan fingerprint density at radius 2 is 1.69 bits per heavy atom. The predicted octanol–water partition coefficient (Wildman–Crippen LogP) is 2.81. The summed E-state index contributed by atoms with van der Waals surface area (Å²) in [5.41, 5.74) is 0. The zero-order chi connectivity index (χ0) is 12.1. The normalized spacial score (nSPS) is 33.0. The van der Waals surface area contributed by atoms with Gasteiger partial charge in [-0.3, -0.25) is 0 Å². The van der Waals surface area contributed by atoms with Gasteiger partial charge in [-0.05, 0) is 43.4 Å². The topological polar surface area (TPSA) is 32.3 Å². The van der Waals surface area contributed by atoms with E-state index in [2.05, 4.69) is 33.0 Å². The van der Waals surface area contributed by atoms with Crippen molar-refractivity contribution in [1.82, 2.24) is 5.32 Å². The highest BCUT2D eigenvalue weighted by atomic mass is 16.3. The van der Waals surface area contributed by atoms with Gasteiger partial charge < -0.3 is 10.4 Å². The summed E-state index contributed by atoms with van der Waals surface area (Å²) < 4.78 is 0. The fourth-order valence-electron chi connectivity index (χ4n) is 3.13. The average molecular weight is 227 g/mol. The summed E-state index contributed by atoms with van der Waals surface area (Å²) in [7, 11) is 0. The van der Waals surface area contributed by atoms with Crippen LogP contribution in [0.3, 0.4) is 0 Å². The highest BCUT2D eigenvalue weighted by Gasteiger charge is 2.26. The number of nitrogens with one attached hydrogen (secondary N) is 1. The first-order valence-electron chi connectivity index (χ1n) is 6.89. The van der Waals surface area contributed by atoms with Gasteiger partial charge in [0.1, 0.15) is 0 Å². The van der Waals surface area contributed by atoms with Crippen LogP contribution >= 0.6 is 0 Å². The van der Waals surface area contributed by atoms with Crippen molar-refractivity contribution >= 4 is 0 Å². The van der Waals surface area contributed by atoms with E-state index < -0.39 is 0 Å². The van der Waals surface area contributed by atoms with Crippen molar-refractivity contribution in [3.63, 3.8) is 0 Å². The van der Waals surface area contributed by atoms with Crippen molar-refractivity contribution in [1.29, 1.82) is 0 Å². The third-order valence-corrected chi connectivity index (χ3v) is 3.87. The Morgan fingerprint density at radius 3 is 2.12 bits per heavy atom. The molecule has 0 amide bonds. The van der Waals surface area contributed by atoms with E-state index >= 15 is 0 Å². The number of aliphatic hydroxyl groups excluding tert-OH is 1. The van der Waals surface area contributed by atoms with Gasteiger partial charge in [-0.15, -0.1) is 0 Å². The zero-order valence-corrected chi connectivity index (χ0v) is 11.4. The number of hydrogen-bond acceptors (Lipinski definition) is 2. The standard InChI is InChI=1S/C14H29NO/c1-10(2)14(5-6-16)15-13-8-11(3)7-12(4)9-13/h10-16H,5-9H2,1-4H3. The van der Waals surface area contributed by atoms with Crippen LogP contribution in [0.4, 0.5) is 0 Å². The third kappa shape index (κ3) is 4.42. The molecule has 1 aliphatic rings. The van der Waals surface area contributed by atoms with Crippen molar-refractivity contribution in [3.8, 4) is 0 Å². The maximum absolute atomic E-state index is 9.08. The van der Waals surface area contributed by atoms with E-state index in [1.807, 2.05) is 0 Å². The van der Waals surface area contributed by atoms with E-state index in [9.17, 15) is 0 Å². The smallest absolute Gasteiger partial charge is 0.0445 e. The van der Waals surface area contributed by atoms with Gasteiger partial charge in [0.25, 0.3) is 0 Å². The molecular weight excluding hydrogens is 198 g/mol. The maximum Gasteiger partial charge on any atom is 0.0445 e. The quantitative estimate of drug-likeness (QED) is 0.757. The van der Waals surface area contributed by atoms with Crippen LogP contribution in [0, 0.1) is 17.8 Å². The molecule has 2 nitrogen and oxygen atoms in total. The molecule has 16 heavy (non-hydrogen) atoms. The lowest BCUT2D eigenvalue weighted by Gasteiger charge is -2.35. The second-order valence-electron chi connectivity index (χ2n) is 6.14. The predicted molar refractivity (Wildman–Crippen MR) is 69.4 cm³/mol. The monoisotopic (exact) mass is 227 g/mol. The van der Waals surface area contributed by atoms with Crippen molar-refractivity contribution < 1.29 is 5.11 Å². The van der Waals surface area contributed by atoms with Crippen molar-refractivity contribution in [2.75, 3.05) is 6.61 Å². The summed E-state index contributed by atoms with van der Waals surface area (Å²) in [6, 6.07) is 1.14. The van der Waals surface area contributed by atoms with E-state index in [1.54, 1.807) is 0 Å². The maximum atomic E-state index is 9.08. The SMILES string of the molecule is CC1CC(C)CC(NC(CCO)C(C)C)C1. The molecule has 0 heterocycles.